The third-order valence-electron chi connectivity index (χ3n) is 13.9. The topological polar surface area (TPSA) is 16.4 Å². The predicted molar refractivity (Wildman–Crippen MR) is 280 cm³/mol. The Morgan fingerprint density at radius 2 is 0.836 bits per heavy atom. The minimum absolute atomic E-state index is 0.638. The van der Waals surface area contributed by atoms with Crippen LogP contribution in [0.2, 0.25) is 0 Å². The number of hydrogen-bond acceptors (Lipinski definition) is 2. The smallest absolute Gasteiger partial charge is 0.159 e. The van der Waals surface area contributed by atoms with Crippen molar-refractivity contribution in [3.8, 4) is 44.5 Å². The van der Waals surface area contributed by atoms with Gasteiger partial charge in [0.2, 0.25) is 0 Å². The second-order valence-electron chi connectivity index (χ2n) is 17.6. The molecule has 0 aliphatic heterocycles. The second-order valence-corrected chi connectivity index (χ2v) is 17.6. The van der Waals surface area contributed by atoms with E-state index in [0.29, 0.717) is 0 Å². The van der Waals surface area contributed by atoms with Crippen LogP contribution in [0.15, 0.2) is 265 Å². The van der Waals surface area contributed by atoms with Crippen LogP contribution in [0.4, 0.5) is 17.1 Å². The van der Waals surface area contributed by atoms with Crippen molar-refractivity contribution in [1.29, 1.82) is 0 Å². The fourth-order valence-corrected chi connectivity index (χ4v) is 10.9. The molecular formula is C65H43NO. The SMILES string of the molecule is c1ccc(-c2ccc(N(c3ccc4c(c3)C(c3ccccc3)(c3ccccc3)c3cc(-c5cccc(-c6cccc7ccccc67)c5)ccc3-4)c3cccc4c3oc3ccccc34)cc2)cc1. The van der Waals surface area contributed by atoms with Crippen molar-refractivity contribution in [2.24, 2.45) is 0 Å². The van der Waals surface area contributed by atoms with Crippen LogP contribution < -0.4 is 4.90 Å². The highest BCUT2D eigenvalue weighted by atomic mass is 16.3. The van der Waals surface area contributed by atoms with Crippen molar-refractivity contribution < 1.29 is 4.42 Å². The molecule has 0 spiro atoms. The zero-order chi connectivity index (χ0) is 44.3. The summed E-state index contributed by atoms with van der Waals surface area (Å²) in [5.74, 6) is 0. The van der Waals surface area contributed by atoms with Gasteiger partial charge in [-0.3, -0.25) is 0 Å². The molecule has 0 fully saturated rings. The van der Waals surface area contributed by atoms with Crippen LogP contribution >= 0.6 is 0 Å². The van der Waals surface area contributed by atoms with Crippen LogP contribution in [-0.2, 0) is 5.41 Å². The summed E-state index contributed by atoms with van der Waals surface area (Å²) in [6.45, 7) is 0. The van der Waals surface area contributed by atoms with Crippen LogP contribution in [0.3, 0.4) is 0 Å². The van der Waals surface area contributed by atoms with E-state index in [4.69, 9.17) is 4.42 Å². The summed E-state index contributed by atoms with van der Waals surface area (Å²) >= 11 is 0. The van der Waals surface area contributed by atoms with Crippen LogP contribution in [0.5, 0.6) is 0 Å². The lowest BCUT2D eigenvalue weighted by molar-refractivity contribution is 0.669. The van der Waals surface area contributed by atoms with E-state index < -0.39 is 5.41 Å². The highest BCUT2D eigenvalue weighted by Gasteiger charge is 2.46. The molecule has 67 heavy (non-hydrogen) atoms. The summed E-state index contributed by atoms with van der Waals surface area (Å²) in [4.78, 5) is 2.38. The average molecular weight is 854 g/mol. The van der Waals surface area contributed by atoms with Crippen molar-refractivity contribution in [2.45, 2.75) is 5.41 Å². The maximum Gasteiger partial charge on any atom is 0.159 e. The van der Waals surface area contributed by atoms with Gasteiger partial charge in [0.1, 0.15) is 5.58 Å². The number of furan rings is 1. The molecule has 0 atom stereocenters. The summed E-state index contributed by atoms with van der Waals surface area (Å²) in [7, 11) is 0. The molecule has 1 aliphatic carbocycles. The first kappa shape index (κ1) is 38.7. The van der Waals surface area contributed by atoms with E-state index in [1.54, 1.807) is 0 Å². The molecule has 11 aromatic carbocycles. The van der Waals surface area contributed by atoms with Gasteiger partial charge in [0.15, 0.2) is 5.58 Å². The zero-order valence-corrected chi connectivity index (χ0v) is 36.7. The highest BCUT2D eigenvalue weighted by molar-refractivity contribution is 6.10. The van der Waals surface area contributed by atoms with Crippen LogP contribution in [-0.4, -0.2) is 0 Å². The highest BCUT2D eigenvalue weighted by Crippen LogP contribution is 2.58. The molecule has 13 rings (SSSR count). The lowest BCUT2D eigenvalue weighted by Gasteiger charge is -2.35. The maximum atomic E-state index is 6.79. The molecule has 0 unspecified atom stereocenters. The fraction of sp³-hybridized carbons (Fsp3) is 0.0154. The Morgan fingerprint density at radius 3 is 1.61 bits per heavy atom. The van der Waals surface area contributed by atoms with Crippen LogP contribution in [0, 0.1) is 0 Å². The van der Waals surface area contributed by atoms with Crippen LogP contribution in [0.25, 0.3) is 77.2 Å². The summed E-state index contributed by atoms with van der Waals surface area (Å²) < 4.78 is 6.79. The Labute approximate surface area is 390 Å². The molecule has 1 aromatic heterocycles. The minimum atomic E-state index is -0.638. The van der Waals surface area contributed by atoms with E-state index in [2.05, 4.69) is 260 Å². The van der Waals surface area contributed by atoms with E-state index >= 15 is 0 Å². The Morgan fingerprint density at radius 1 is 0.313 bits per heavy atom. The number of fused-ring (bicyclic) bond motifs is 7. The molecule has 2 heteroatoms. The summed E-state index contributed by atoms with van der Waals surface area (Å²) in [5.41, 5.74) is 18.7. The molecule has 0 N–H and O–H groups in total. The number of rotatable bonds is 8. The van der Waals surface area contributed by atoms with Crippen LogP contribution in [0.1, 0.15) is 22.3 Å². The normalized spacial score (nSPS) is 12.6. The lowest BCUT2D eigenvalue weighted by atomic mass is 9.67. The van der Waals surface area contributed by atoms with Gasteiger partial charge in [-0.2, -0.15) is 0 Å². The molecular weight excluding hydrogens is 811 g/mol. The van der Waals surface area contributed by atoms with Crippen molar-refractivity contribution in [3.05, 3.63) is 283 Å². The molecule has 2 nitrogen and oxygen atoms in total. The number of hydrogen-bond donors (Lipinski definition) is 0. The number of nitrogens with zero attached hydrogens (tertiary/aromatic N) is 1. The van der Waals surface area contributed by atoms with Crippen molar-refractivity contribution in [2.75, 3.05) is 4.90 Å². The summed E-state index contributed by atoms with van der Waals surface area (Å²) in [5, 5.41) is 4.70. The van der Waals surface area contributed by atoms with Crippen molar-refractivity contribution in [1.82, 2.24) is 0 Å². The molecule has 12 aromatic rings. The van der Waals surface area contributed by atoms with E-state index in [1.165, 1.54) is 77.5 Å². The van der Waals surface area contributed by atoms with Gasteiger partial charge >= 0.3 is 0 Å². The standard InChI is InChI=1S/C65H43NO/c1-4-17-44(18-5-1)45-33-36-52(37-34-45)66(62-31-16-30-59-58-28-12-13-32-63(58)67-64(59)62)53-38-40-57-56-39-35-48(47-21-14-22-49(41-47)55-29-15-20-46-19-10-11-27-54(46)55)42-60(56)65(61(57)43-53,50-23-6-2-7-24-50)51-25-8-3-9-26-51/h1-43H. The first-order chi connectivity index (χ1) is 33.2. The number of para-hydroxylation sites is 2. The van der Waals surface area contributed by atoms with Gasteiger partial charge in [0, 0.05) is 22.1 Å². The van der Waals surface area contributed by atoms with Gasteiger partial charge in [0.05, 0.1) is 11.1 Å². The minimum Gasteiger partial charge on any atom is -0.454 e. The summed E-state index contributed by atoms with van der Waals surface area (Å²) in [6, 6.07) is 95.1. The maximum absolute atomic E-state index is 6.79. The monoisotopic (exact) mass is 853 g/mol. The molecule has 0 saturated carbocycles. The van der Waals surface area contributed by atoms with Gasteiger partial charge in [-0.25, -0.2) is 0 Å². The third kappa shape index (κ3) is 6.26. The number of anilines is 3. The Balaban J connectivity index is 1.03. The van der Waals surface area contributed by atoms with Gasteiger partial charge in [-0.15, -0.1) is 0 Å². The van der Waals surface area contributed by atoms with E-state index in [9.17, 15) is 0 Å². The van der Waals surface area contributed by atoms with E-state index in [1.807, 2.05) is 6.07 Å². The Hall–Kier alpha value is -8.72. The summed E-state index contributed by atoms with van der Waals surface area (Å²) in [6.07, 6.45) is 0. The average Bonchev–Trinajstić information content (AvgIpc) is 3.93. The van der Waals surface area contributed by atoms with Crippen molar-refractivity contribution in [3.63, 3.8) is 0 Å². The fourth-order valence-electron chi connectivity index (χ4n) is 10.9. The first-order valence-electron chi connectivity index (χ1n) is 23.1. The van der Waals surface area contributed by atoms with Crippen molar-refractivity contribution >= 4 is 49.8 Å². The number of benzene rings is 11. The van der Waals surface area contributed by atoms with Gasteiger partial charge in [0.25, 0.3) is 0 Å². The predicted octanol–water partition coefficient (Wildman–Crippen LogP) is 17.6. The van der Waals surface area contributed by atoms with Gasteiger partial charge < -0.3 is 9.32 Å². The molecule has 0 bridgehead atoms. The Bertz CT molecular complexity index is 3750. The first-order valence-corrected chi connectivity index (χ1v) is 23.1. The molecule has 0 saturated heterocycles. The lowest BCUT2D eigenvalue weighted by Crippen LogP contribution is -2.28. The molecule has 1 heterocycles. The Kier molecular flexibility index (Phi) is 9.11. The molecule has 0 radical (unpaired) electrons. The van der Waals surface area contributed by atoms with Gasteiger partial charge in [-0.1, -0.05) is 212 Å². The van der Waals surface area contributed by atoms with Gasteiger partial charge in [-0.05, 0) is 126 Å². The van der Waals surface area contributed by atoms with E-state index in [-0.39, 0.29) is 0 Å². The second kappa shape index (κ2) is 15.8. The zero-order valence-electron chi connectivity index (χ0n) is 36.7. The molecule has 314 valence electrons. The van der Waals surface area contributed by atoms with E-state index in [0.717, 1.165) is 39.0 Å². The molecule has 1 aliphatic rings. The molecule has 0 amide bonds. The third-order valence-corrected chi connectivity index (χ3v) is 13.9. The largest absolute Gasteiger partial charge is 0.454 e. The quantitative estimate of drug-likeness (QED) is 0.151.